The maximum Gasteiger partial charge on any atom is 0.407 e. The first-order valence-corrected chi connectivity index (χ1v) is 15.2. The molecule has 2 aromatic carbocycles. The van der Waals surface area contributed by atoms with E-state index in [0.29, 0.717) is 13.1 Å². The van der Waals surface area contributed by atoms with Crippen molar-refractivity contribution in [1.82, 2.24) is 5.32 Å². The highest BCUT2D eigenvalue weighted by Gasteiger charge is 2.16. The van der Waals surface area contributed by atoms with Crippen molar-refractivity contribution in [2.45, 2.75) is 45.1 Å². The molecule has 0 aliphatic heterocycles. The van der Waals surface area contributed by atoms with E-state index in [2.05, 4.69) is 140 Å². The molecular weight excluding hydrogens is 520 g/mol. The molecule has 1 unspecified atom stereocenters. The molecule has 2 aliphatic rings. The van der Waals surface area contributed by atoms with Crippen molar-refractivity contribution in [3.63, 3.8) is 0 Å². The van der Waals surface area contributed by atoms with Gasteiger partial charge in [-0.2, -0.15) is 0 Å². The van der Waals surface area contributed by atoms with Gasteiger partial charge in [0.05, 0.1) is 0 Å². The number of alkyl carbamates (subject to hydrolysis) is 1. The number of anilines is 2. The van der Waals surface area contributed by atoms with Gasteiger partial charge in [-0.15, -0.1) is 0 Å². The number of rotatable bonds is 9. The summed E-state index contributed by atoms with van der Waals surface area (Å²) in [6.07, 6.45) is 17.8. The molecule has 6 heteroatoms. The number of carbonyl (C=O) groups excluding carboxylic acids is 1. The predicted octanol–water partition coefficient (Wildman–Crippen LogP) is 6.84. The lowest BCUT2D eigenvalue weighted by Gasteiger charge is -2.24. The van der Waals surface area contributed by atoms with E-state index in [1.165, 1.54) is 33.7 Å². The molecule has 1 N–H and O–H groups in total. The second-order valence-corrected chi connectivity index (χ2v) is 11.3. The molecule has 1 atom stereocenters. The Balaban J connectivity index is 1.46. The Morgan fingerprint density at radius 2 is 1.50 bits per heavy atom. The van der Waals surface area contributed by atoms with Crippen molar-refractivity contribution in [3.05, 3.63) is 102 Å². The van der Waals surface area contributed by atoms with Gasteiger partial charge in [-0.3, -0.25) is 0 Å². The molecule has 0 spiro atoms. The highest BCUT2D eigenvalue weighted by molar-refractivity contribution is 6.04. The second-order valence-electron chi connectivity index (χ2n) is 11.3. The molecule has 42 heavy (non-hydrogen) atoms. The Morgan fingerprint density at radius 3 is 2.10 bits per heavy atom. The number of allylic oxidation sites excluding steroid dienone is 7. The van der Waals surface area contributed by atoms with Crippen LogP contribution in [0, 0.1) is 0 Å². The summed E-state index contributed by atoms with van der Waals surface area (Å²) < 4.78 is 7.82. The summed E-state index contributed by atoms with van der Waals surface area (Å²) in [5.74, 6) is 0. The van der Waals surface area contributed by atoms with Gasteiger partial charge < -0.3 is 19.9 Å². The Labute approximate surface area is 252 Å². The van der Waals surface area contributed by atoms with Crippen molar-refractivity contribution in [1.29, 1.82) is 0 Å². The number of amides is 1. The van der Waals surface area contributed by atoms with Crippen molar-refractivity contribution >= 4 is 28.8 Å². The lowest BCUT2D eigenvalue weighted by molar-refractivity contribution is -0.462. The van der Waals surface area contributed by atoms with Gasteiger partial charge in [0, 0.05) is 57.3 Å². The van der Waals surface area contributed by atoms with Crippen LogP contribution in [0.25, 0.3) is 5.57 Å². The summed E-state index contributed by atoms with van der Waals surface area (Å²) >= 11 is 0. The second kappa shape index (κ2) is 15.2. The zero-order valence-electron chi connectivity index (χ0n) is 26.0. The van der Waals surface area contributed by atoms with E-state index in [4.69, 9.17) is 4.74 Å². The summed E-state index contributed by atoms with van der Waals surface area (Å²) in [7, 11) is 8.25. The summed E-state index contributed by atoms with van der Waals surface area (Å²) in [5.41, 5.74) is 8.22. The Bertz CT molecular complexity index is 1330. The SMILES string of the molecule is CCN(CCNC(=O)OC1CC/C=C/CCC1)c1ccc(C(=C2C=CC(=[N+](C)C)C=C2)c2ccc(N(C)C)cc2)cc1. The van der Waals surface area contributed by atoms with Crippen LogP contribution < -0.4 is 15.1 Å². The molecule has 0 bridgehead atoms. The third kappa shape index (κ3) is 8.48. The average Bonchev–Trinajstić information content (AvgIpc) is 2.98. The quantitative estimate of drug-likeness (QED) is 0.266. The minimum absolute atomic E-state index is 0.00777. The van der Waals surface area contributed by atoms with Crippen LogP contribution in [0.3, 0.4) is 0 Å². The molecule has 0 radical (unpaired) electrons. The zero-order chi connectivity index (χ0) is 29.9. The third-order valence-electron chi connectivity index (χ3n) is 7.89. The van der Waals surface area contributed by atoms with Gasteiger partial charge >= 0.3 is 6.09 Å². The number of likely N-dealkylation sites (N-methyl/N-ethyl adjacent to an activating group) is 1. The number of carbonyl (C=O) groups is 1. The molecule has 0 saturated heterocycles. The molecule has 0 heterocycles. The zero-order valence-corrected chi connectivity index (χ0v) is 26.0. The standard InChI is InChI=1S/C36H46N4O2/c1-6-40(27-26-37-36(41)42-34-12-10-8-7-9-11-13-34)33-24-18-30(19-25-33)35(28-14-20-31(21-15-28)38(2)3)29-16-22-32(23-17-29)39(4)5/h7-8,14-25,34H,6,9-13,26-27H2,1-5H3/p+1/b8-7+. The van der Waals surface area contributed by atoms with E-state index in [9.17, 15) is 4.79 Å². The Kier molecular flexibility index (Phi) is 11.2. The van der Waals surface area contributed by atoms with Crippen LogP contribution >= 0.6 is 0 Å². The maximum atomic E-state index is 12.4. The normalized spacial score (nSPS) is 17.2. The fourth-order valence-electron chi connectivity index (χ4n) is 5.39. The van der Waals surface area contributed by atoms with E-state index < -0.39 is 0 Å². The molecular formula is C36H47N4O2+. The first-order chi connectivity index (χ1) is 20.4. The topological polar surface area (TPSA) is 47.8 Å². The van der Waals surface area contributed by atoms with Gasteiger partial charge in [-0.1, -0.05) is 36.4 Å². The van der Waals surface area contributed by atoms with E-state index in [1.807, 2.05) is 0 Å². The number of ether oxygens (including phenoxy) is 1. The maximum absolute atomic E-state index is 12.4. The third-order valence-corrected chi connectivity index (χ3v) is 7.89. The van der Waals surface area contributed by atoms with Gasteiger partial charge in [-0.05, 0) is 97.7 Å². The van der Waals surface area contributed by atoms with Crippen LogP contribution in [0.15, 0.2) is 90.6 Å². The minimum Gasteiger partial charge on any atom is -0.446 e. The van der Waals surface area contributed by atoms with Crippen LogP contribution in [0.1, 0.15) is 50.2 Å². The Morgan fingerprint density at radius 1 is 0.881 bits per heavy atom. The fourth-order valence-corrected chi connectivity index (χ4v) is 5.39. The van der Waals surface area contributed by atoms with E-state index in [0.717, 1.165) is 44.3 Å². The summed E-state index contributed by atoms with van der Waals surface area (Å²) in [5, 5.41) is 2.97. The summed E-state index contributed by atoms with van der Waals surface area (Å²) in [4.78, 5) is 16.8. The fraction of sp³-hybridized carbons (Fsp3) is 0.389. The van der Waals surface area contributed by atoms with Gasteiger partial charge in [0.15, 0.2) is 5.71 Å². The highest BCUT2D eigenvalue weighted by atomic mass is 16.6. The molecule has 1 amide bonds. The Hall–Kier alpha value is -4.06. The highest BCUT2D eigenvalue weighted by Crippen LogP contribution is 2.32. The van der Waals surface area contributed by atoms with Gasteiger partial charge in [-0.25, -0.2) is 9.37 Å². The predicted molar refractivity (Wildman–Crippen MR) is 177 cm³/mol. The van der Waals surface area contributed by atoms with Crippen molar-refractivity contribution < 1.29 is 14.1 Å². The molecule has 4 rings (SSSR count). The largest absolute Gasteiger partial charge is 0.446 e. The first-order valence-electron chi connectivity index (χ1n) is 15.2. The number of benzene rings is 2. The lowest BCUT2D eigenvalue weighted by atomic mass is 9.90. The van der Waals surface area contributed by atoms with Crippen LogP contribution in [0.4, 0.5) is 16.2 Å². The monoisotopic (exact) mass is 567 g/mol. The minimum atomic E-state index is -0.309. The smallest absolute Gasteiger partial charge is 0.407 e. The summed E-state index contributed by atoms with van der Waals surface area (Å²) in [6.45, 7) is 4.24. The van der Waals surface area contributed by atoms with Gasteiger partial charge in [0.1, 0.15) is 20.2 Å². The number of nitrogens with zero attached hydrogens (tertiary/aromatic N) is 3. The van der Waals surface area contributed by atoms with Crippen LogP contribution in [0.5, 0.6) is 0 Å². The van der Waals surface area contributed by atoms with Crippen LogP contribution in [-0.2, 0) is 4.74 Å². The number of nitrogens with one attached hydrogen (secondary N) is 1. The van der Waals surface area contributed by atoms with Crippen molar-refractivity contribution in [2.75, 3.05) is 57.6 Å². The van der Waals surface area contributed by atoms with Crippen LogP contribution in [0.2, 0.25) is 0 Å². The molecule has 2 aromatic rings. The van der Waals surface area contributed by atoms with E-state index >= 15 is 0 Å². The number of hydrogen-bond acceptors (Lipinski definition) is 4. The molecule has 222 valence electrons. The van der Waals surface area contributed by atoms with Crippen molar-refractivity contribution in [3.8, 4) is 0 Å². The molecule has 0 aromatic heterocycles. The molecule has 6 nitrogen and oxygen atoms in total. The van der Waals surface area contributed by atoms with Gasteiger partial charge in [0.2, 0.25) is 0 Å². The van der Waals surface area contributed by atoms with Gasteiger partial charge in [0.25, 0.3) is 0 Å². The average molecular weight is 568 g/mol. The molecule has 0 saturated carbocycles. The lowest BCUT2D eigenvalue weighted by Crippen LogP contribution is -2.36. The first kappa shape index (κ1) is 30.9. The van der Waals surface area contributed by atoms with E-state index in [1.54, 1.807) is 0 Å². The van der Waals surface area contributed by atoms with Crippen molar-refractivity contribution in [2.24, 2.45) is 0 Å². The summed E-state index contributed by atoms with van der Waals surface area (Å²) in [6, 6.07) is 17.5. The molecule has 0 fully saturated rings. The molecule has 2 aliphatic carbocycles. The number of hydrogen-bond donors (Lipinski definition) is 1. The van der Waals surface area contributed by atoms with Crippen LogP contribution in [-0.4, -0.2) is 70.3 Å². The van der Waals surface area contributed by atoms with E-state index in [-0.39, 0.29) is 12.2 Å².